The monoisotopic (exact) mass is 1090 g/mol. The highest BCUT2D eigenvalue weighted by Crippen LogP contribution is 2.52. The Morgan fingerprint density at radius 1 is 0.680 bits per heavy atom. The third-order valence-electron chi connectivity index (χ3n) is 17.8. The van der Waals surface area contributed by atoms with E-state index in [2.05, 4.69) is 178 Å². The number of methoxy groups -OCH3 is 2. The molecule has 3 aliphatic heterocycles. The lowest BCUT2D eigenvalue weighted by Crippen LogP contribution is -2.67. The van der Waals surface area contributed by atoms with Crippen molar-refractivity contribution in [3.05, 3.63) is 90.5 Å². The molecular weight excluding hydrogens is 989 g/mol. The molecule has 6 rings (SSSR count). The first-order valence-corrected chi connectivity index (χ1v) is 34.9. The summed E-state index contributed by atoms with van der Waals surface area (Å²) >= 11 is 0. The third kappa shape index (κ3) is 13.2. The van der Waals surface area contributed by atoms with Crippen LogP contribution in [0.4, 0.5) is 0 Å². The quantitative estimate of drug-likeness (QED) is 0.0637. The van der Waals surface area contributed by atoms with E-state index in [0.717, 1.165) is 11.3 Å². The molecule has 3 fully saturated rings. The standard InChI is InChI=1S/C62H100O10Si3/c1-41(2)73(42(3)4,43(5)6)71-51(40-67-75(61(15,16)17,52-26-22-20-23-27-52)53-28-24-21-25-29-53)34-55(72-74(44(7)8,45(9)10)46(11)12)54-35-56-60(68-54)48(14)38-62(69-56)37-47(13)59(57(70-62)36-58(63)65-19)66-39-49-30-32-50(64-18)33-31-49/h20-33,41-48,51,54-57,59-60H,34-40H2,1-19H3/t47-,48-,51+,54-,55-,56-,57-,59-,60-,62-/m0/s1. The maximum absolute atomic E-state index is 13.1. The van der Waals surface area contributed by atoms with E-state index in [1.54, 1.807) is 7.11 Å². The molecule has 10 nitrogen and oxygen atoms in total. The average molecular weight is 1090 g/mol. The van der Waals surface area contributed by atoms with Crippen molar-refractivity contribution in [2.24, 2.45) is 11.8 Å². The summed E-state index contributed by atoms with van der Waals surface area (Å²) in [5.74, 6) is -0.339. The van der Waals surface area contributed by atoms with Gasteiger partial charge in [0.2, 0.25) is 16.6 Å². The second kappa shape index (κ2) is 25.6. The normalized spacial score (nSPS) is 25.7. The number of rotatable bonds is 24. The lowest BCUT2D eigenvalue weighted by atomic mass is 9.79. The molecule has 1 spiro atoms. The molecule has 3 aliphatic rings. The van der Waals surface area contributed by atoms with Crippen molar-refractivity contribution in [1.82, 2.24) is 0 Å². The van der Waals surface area contributed by atoms with E-state index in [4.69, 9.17) is 41.7 Å². The van der Waals surface area contributed by atoms with Gasteiger partial charge in [0.25, 0.3) is 8.32 Å². The molecule has 420 valence electrons. The highest BCUT2D eigenvalue weighted by molar-refractivity contribution is 6.99. The van der Waals surface area contributed by atoms with Gasteiger partial charge in [-0.1, -0.05) is 190 Å². The smallest absolute Gasteiger partial charge is 0.308 e. The Morgan fingerprint density at radius 2 is 1.19 bits per heavy atom. The van der Waals surface area contributed by atoms with Crippen molar-refractivity contribution < 1.29 is 46.5 Å². The summed E-state index contributed by atoms with van der Waals surface area (Å²) in [5.41, 5.74) is 3.19. The van der Waals surface area contributed by atoms with Crippen molar-refractivity contribution in [2.45, 2.75) is 243 Å². The van der Waals surface area contributed by atoms with Gasteiger partial charge in [0.1, 0.15) is 5.75 Å². The molecule has 0 N–H and O–H groups in total. The molecule has 3 aromatic carbocycles. The molecule has 0 unspecified atom stereocenters. The Morgan fingerprint density at radius 3 is 1.67 bits per heavy atom. The Hall–Kier alpha value is -2.70. The Balaban J connectivity index is 1.40. The van der Waals surface area contributed by atoms with Crippen molar-refractivity contribution in [3.8, 4) is 5.75 Å². The minimum Gasteiger partial charge on any atom is -0.497 e. The van der Waals surface area contributed by atoms with Gasteiger partial charge in [-0.3, -0.25) is 4.79 Å². The van der Waals surface area contributed by atoms with Crippen LogP contribution in [0, 0.1) is 11.8 Å². The van der Waals surface area contributed by atoms with Gasteiger partial charge in [0.15, 0.2) is 5.79 Å². The molecule has 0 aromatic heterocycles. The van der Waals surface area contributed by atoms with E-state index in [1.807, 2.05) is 24.3 Å². The van der Waals surface area contributed by atoms with Gasteiger partial charge in [0.05, 0.1) is 76.6 Å². The number of esters is 1. The highest BCUT2D eigenvalue weighted by atomic mass is 28.4. The molecule has 0 bridgehead atoms. The van der Waals surface area contributed by atoms with Crippen LogP contribution >= 0.6 is 0 Å². The molecular formula is C62H100O10Si3. The molecule has 75 heavy (non-hydrogen) atoms. The Kier molecular flexibility index (Phi) is 21.0. The van der Waals surface area contributed by atoms with Crippen molar-refractivity contribution in [3.63, 3.8) is 0 Å². The zero-order valence-corrected chi connectivity index (χ0v) is 52.8. The number of carbonyl (C=O) groups is 1. The molecule has 0 radical (unpaired) electrons. The Labute approximate surface area is 457 Å². The summed E-state index contributed by atoms with van der Waals surface area (Å²) in [5, 5.41) is 2.30. The number of benzene rings is 3. The summed E-state index contributed by atoms with van der Waals surface area (Å²) in [4.78, 5) is 13.1. The van der Waals surface area contributed by atoms with Crippen LogP contribution in [-0.4, -0.2) is 100 Å². The summed E-state index contributed by atoms with van der Waals surface area (Å²) < 4.78 is 63.3. The van der Waals surface area contributed by atoms with E-state index >= 15 is 0 Å². The molecule has 0 amide bonds. The fraction of sp³-hybridized carbons (Fsp3) is 0.694. The summed E-state index contributed by atoms with van der Waals surface area (Å²) in [6.07, 6.45) is 0.458. The lowest BCUT2D eigenvalue weighted by molar-refractivity contribution is -0.356. The molecule has 0 saturated carbocycles. The van der Waals surface area contributed by atoms with Crippen LogP contribution in [0.2, 0.25) is 38.3 Å². The first-order chi connectivity index (χ1) is 35.3. The third-order valence-corrected chi connectivity index (χ3v) is 35.1. The van der Waals surface area contributed by atoms with Crippen LogP contribution in [0.15, 0.2) is 84.9 Å². The lowest BCUT2D eigenvalue weighted by Gasteiger charge is -2.52. The maximum Gasteiger partial charge on any atom is 0.308 e. The molecule has 3 aromatic rings. The van der Waals surface area contributed by atoms with E-state index in [1.165, 1.54) is 17.5 Å². The zero-order valence-electron chi connectivity index (χ0n) is 49.8. The molecule has 0 aliphatic carbocycles. The van der Waals surface area contributed by atoms with Crippen LogP contribution in [0.5, 0.6) is 5.75 Å². The number of hydrogen-bond acceptors (Lipinski definition) is 10. The van der Waals surface area contributed by atoms with E-state index in [0.29, 0.717) is 72.1 Å². The first kappa shape index (κ1) is 61.5. The number of fused-ring (bicyclic) bond motifs is 1. The van der Waals surface area contributed by atoms with Gasteiger partial charge in [-0.25, -0.2) is 0 Å². The van der Waals surface area contributed by atoms with Crippen LogP contribution in [0.25, 0.3) is 0 Å². The second-order valence-electron chi connectivity index (χ2n) is 25.6. The fourth-order valence-electron chi connectivity index (χ4n) is 14.7. The van der Waals surface area contributed by atoms with Crippen molar-refractivity contribution in [2.75, 3.05) is 20.8 Å². The van der Waals surface area contributed by atoms with Crippen LogP contribution in [0.3, 0.4) is 0 Å². The van der Waals surface area contributed by atoms with Gasteiger partial charge in [0, 0.05) is 25.7 Å². The SMILES string of the molecule is COC(=O)C[C@@H]1O[C@@]2(C[C@H](C)[C@@H]1OCc1ccc(OC)cc1)C[C@H](C)[C@@H]1O[C@H]([C@H](C[C@H](CO[Si](c3ccccc3)(c3ccccc3)C(C)(C)C)O[Si](C(C)C)(C(C)C)C(C)C)O[Si](C(C)C)(C(C)C)C(C)C)C[C@@H]1O2. The van der Waals surface area contributed by atoms with Gasteiger partial charge < -0.3 is 41.7 Å². The number of carbonyl (C=O) groups excluding carboxylic acids is 1. The summed E-state index contributed by atoms with van der Waals surface area (Å²) in [7, 11) is -4.89. The average Bonchev–Trinajstić information content (AvgIpc) is 3.78. The predicted molar refractivity (Wildman–Crippen MR) is 312 cm³/mol. The molecule has 3 saturated heterocycles. The number of ether oxygens (including phenoxy) is 6. The second-order valence-corrected chi connectivity index (χ2v) is 40.7. The van der Waals surface area contributed by atoms with Gasteiger partial charge in [-0.2, -0.15) is 0 Å². The topological polar surface area (TPSA) is 100 Å². The van der Waals surface area contributed by atoms with Crippen molar-refractivity contribution in [1.29, 1.82) is 0 Å². The van der Waals surface area contributed by atoms with E-state index in [-0.39, 0.29) is 65.9 Å². The molecule has 10 atom stereocenters. The van der Waals surface area contributed by atoms with E-state index < -0.39 is 36.8 Å². The largest absolute Gasteiger partial charge is 0.497 e. The Bertz CT molecular complexity index is 2130. The van der Waals surface area contributed by atoms with Crippen LogP contribution < -0.4 is 15.1 Å². The van der Waals surface area contributed by atoms with Gasteiger partial charge >= 0.3 is 5.97 Å². The predicted octanol–water partition coefficient (Wildman–Crippen LogP) is 13.9. The zero-order chi connectivity index (χ0) is 55.3. The minimum atomic E-state index is -2.97. The van der Waals surface area contributed by atoms with Crippen LogP contribution in [-0.2, 0) is 48.4 Å². The van der Waals surface area contributed by atoms with Crippen LogP contribution in [0.1, 0.15) is 155 Å². The first-order valence-electron chi connectivity index (χ1n) is 28.7. The minimum absolute atomic E-state index is 0.0279. The molecule has 3 heterocycles. The van der Waals surface area contributed by atoms with E-state index in [9.17, 15) is 4.79 Å². The summed E-state index contributed by atoms with van der Waals surface area (Å²) in [6.45, 7) is 40.9. The van der Waals surface area contributed by atoms with Gasteiger partial charge in [-0.15, -0.1) is 0 Å². The molecule has 13 heteroatoms. The fourth-order valence-corrected chi connectivity index (χ4v) is 30.4. The van der Waals surface area contributed by atoms with Crippen molar-refractivity contribution >= 4 is 41.3 Å². The number of hydrogen-bond donors (Lipinski definition) is 0. The maximum atomic E-state index is 13.1. The summed E-state index contributed by atoms with van der Waals surface area (Å²) in [6, 6.07) is 29.9. The van der Waals surface area contributed by atoms with Gasteiger partial charge in [-0.05, 0) is 78.2 Å². The highest BCUT2D eigenvalue weighted by Gasteiger charge is 2.59.